The van der Waals surface area contributed by atoms with Crippen molar-refractivity contribution in [2.24, 2.45) is 5.92 Å². The van der Waals surface area contributed by atoms with Crippen LogP contribution in [0.25, 0.3) is 0 Å². The number of rotatable bonds is 7. The standard InChI is InChI=1S/C22H33NO4S/c1-18-8-3-4-11-21(18)27-14-15-28(25,26)17-19-9-7-10-20(16-19)22(24)23-12-5-2-6-13-23/h7,9-10,16,18,21H,2-6,8,11-15,17H2,1H3/t18-,21+/m0/s1. The van der Waals surface area contributed by atoms with Gasteiger partial charge in [-0.25, -0.2) is 8.42 Å². The van der Waals surface area contributed by atoms with Gasteiger partial charge in [0.05, 0.1) is 24.2 Å². The summed E-state index contributed by atoms with van der Waals surface area (Å²) < 4.78 is 30.9. The van der Waals surface area contributed by atoms with Gasteiger partial charge in [0.25, 0.3) is 5.91 Å². The summed E-state index contributed by atoms with van der Waals surface area (Å²) >= 11 is 0. The summed E-state index contributed by atoms with van der Waals surface area (Å²) in [7, 11) is -3.27. The van der Waals surface area contributed by atoms with Crippen LogP contribution in [0.5, 0.6) is 0 Å². The molecule has 2 fully saturated rings. The lowest BCUT2D eigenvalue weighted by Crippen LogP contribution is -2.35. The molecule has 1 aromatic rings. The lowest BCUT2D eigenvalue weighted by Gasteiger charge is -2.28. The number of piperidine rings is 1. The number of carbonyl (C=O) groups is 1. The van der Waals surface area contributed by atoms with Crippen LogP contribution >= 0.6 is 0 Å². The van der Waals surface area contributed by atoms with Gasteiger partial charge in [-0.1, -0.05) is 31.9 Å². The quantitative estimate of drug-likeness (QED) is 0.689. The van der Waals surface area contributed by atoms with Crippen molar-refractivity contribution in [2.75, 3.05) is 25.4 Å². The van der Waals surface area contributed by atoms with Crippen LogP contribution < -0.4 is 0 Å². The second kappa shape index (κ2) is 9.88. The van der Waals surface area contributed by atoms with E-state index in [1.807, 2.05) is 4.90 Å². The average molecular weight is 408 g/mol. The number of likely N-dealkylation sites (tertiary alicyclic amines) is 1. The van der Waals surface area contributed by atoms with Crippen LogP contribution in [0.3, 0.4) is 0 Å². The maximum Gasteiger partial charge on any atom is 0.253 e. The highest BCUT2D eigenvalue weighted by Crippen LogP contribution is 2.26. The molecule has 156 valence electrons. The molecule has 28 heavy (non-hydrogen) atoms. The number of hydrogen-bond donors (Lipinski definition) is 0. The van der Waals surface area contributed by atoms with Crippen molar-refractivity contribution in [3.63, 3.8) is 0 Å². The Morgan fingerprint density at radius 2 is 1.86 bits per heavy atom. The Kier molecular flexibility index (Phi) is 7.52. The second-order valence-electron chi connectivity index (χ2n) is 8.32. The third kappa shape index (κ3) is 6.05. The third-order valence-electron chi connectivity index (χ3n) is 5.96. The molecule has 5 nitrogen and oxygen atoms in total. The van der Waals surface area contributed by atoms with Crippen molar-refractivity contribution in [3.05, 3.63) is 35.4 Å². The fourth-order valence-corrected chi connectivity index (χ4v) is 5.44. The van der Waals surface area contributed by atoms with Gasteiger partial charge in [-0.05, 0) is 55.7 Å². The first kappa shape index (κ1) is 21.3. The van der Waals surface area contributed by atoms with E-state index in [1.54, 1.807) is 24.3 Å². The molecule has 0 aromatic heterocycles. The highest BCUT2D eigenvalue weighted by Gasteiger charge is 2.23. The Hall–Kier alpha value is -1.40. The number of carbonyl (C=O) groups excluding carboxylic acids is 1. The molecule has 0 N–H and O–H groups in total. The largest absolute Gasteiger partial charge is 0.377 e. The summed E-state index contributed by atoms with van der Waals surface area (Å²) in [5.41, 5.74) is 1.26. The molecule has 0 unspecified atom stereocenters. The van der Waals surface area contributed by atoms with Crippen molar-refractivity contribution >= 4 is 15.7 Å². The highest BCUT2D eigenvalue weighted by molar-refractivity contribution is 7.90. The Labute approximate surface area is 169 Å². The predicted molar refractivity (Wildman–Crippen MR) is 111 cm³/mol. The van der Waals surface area contributed by atoms with Gasteiger partial charge in [-0.3, -0.25) is 4.79 Å². The predicted octanol–water partition coefficient (Wildman–Crippen LogP) is 3.82. The molecule has 1 saturated heterocycles. The van der Waals surface area contributed by atoms with E-state index >= 15 is 0 Å². The lowest BCUT2D eigenvalue weighted by atomic mass is 9.88. The summed E-state index contributed by atoms with van der Waals surface area (Å²) in [6, 6.07) is 7.08. The monoisotopic (exact) mass is 407 g/mol. The van der Waals surface area contributed by atoms with E-state index in [0.29, 0.717) is 17.0 Å². The fourth-order valence-electron chi connectivity index (χ4n) is 4.26. The summed E-state index contributed by atoms with van der Waals surface area (Å²) in [5.74, 6) is 0.501. The Morgan fingerprint density at radius 3 is 2.61 bits per heavy atom. The molecule has 1 aliphatic heterocycles. The van der Waals surface area contributed by atoms with E-state index in [2.05, 4.69) is 6.92 Å². The van der Waals surface area contributed by atoms with Gasteiger partial charge in [-0.15, -0.1) is 0 Å². The molecule has 0 spiro atoms. The summed E-state index contributed by atoms with van der Waals surface area (Å²) in [6.45, 7) is 4.02. The van der Waals surface area contributed by atoms with Crippen molar-refractivity contribution in [2.45, 2.75) is 63.7 Å². The zero-order valence-electron chi connectivity index (χ0n) is 16.9. The first-order chi connectivity index (χ1) is 13.4. The van der Waals surface area contributed by atoms with E-state index in [1.165, 1.54) is 19.3 Å². The lowest BCUT2D eigenvalue weighted by molar-refractivity contribution is 0.00301. The van der Waals surface area contributed by atoms with E-state index < -0.39 is 9.84 Å². The molecule has 2 atom stereocenters. The SMILES string of the molecule is C[C@H]1CCCC[C@H]1OCCS(=O)(=O)Cc1cccc(C(=O)N2CCCCC2)c1. The van der Waals surface area contributed by atoms with Gasteiger partial charge in [0.1, 0.15) is 0 Å². The first-order valence-corrected chi connectivity index (χ1v) is 12.5. The van der Waals surface area contributed by atoms with Gasteiger partial charge < -0.3 is 9.64 Å². The van der Waals surface area contributed by atoms with E-state index in [0.717, 1.165) is 38.8 Å². The molecule has 3 rings (SSSR count). The molecule has 0 bridgehead atoms. The van der Waals surface area contributed by atoms with E-state index in [4.69, 9.17) is 4.74 Å². The van der Waals surface area contributed by atoms with Crippen LogP contribution in [-0.2, 0) is 20.3 Å². The van der Waals surface area contributed by atoms with Gasteiger partial charge >= 0.3 is 0 Å². The number of ether oxygens (including phenoxy) is 1. The van der Waals surface area contributed by atoms with Crippen molar-refractivity contribution in [1.29, 1.82) is 0 Å². The fraction of sp³-hybridized carbons (Fsp3) is 0.682. The smallest absolute Gasteiger partial charge is 0.253 e. The molecule has 1 saturated carbocycles. The minimum absolute atomic E-state index is 0.00793. The molecule has 1 aliphatic carbocycles. The summed E-state index contributed by atoms with van der Waals surface area (Å²) in [6.07, 6.45) is 8.04. The molecule has 2 aliphatic rings. The molecule has 1 heterocycles. The normalized spacial score (nSPS) is 23.5. The molecular formula is C22H33NO4S. The van der Waals surface area contributed by atoms with Gasteiger partial charge in [0.2, 0.25) is 0 Å². The van der Waals surface area contributed by atoms with E-state index in [9.17, 15) is 13.2 Å². The Bertz CT molecular complexity index is 756. The zero-order chi connectivity index (χ0) is 20.0. The van der Waals surface area contributed by atoms with Crippen molar-refractivity contribution < 1.29 is 17.9 Å². The summed E-state index contributed by atoms with van der Waals surface area (Å²) in [5, 5.41) is 0. The number of nitrogens with zero attached hydrogens (tertiary/aromatic N) is 1. The maximum absolute atomic E-state index is 12.7. The topological polar surface area (TPSA) is 63.7 Å². The minimum Gasteiger partial charge on any atom is -0.377 e. The molecule has 1 aromatic carbocycles. The van der Waals surface area contributed by atoms with Crippen LogP contribution in [0.2, 0.25) is 0 Å². The highest BCUT2D eigenvalue weighted by atomic mass is 32.2. The number of sulfone groups is 1. The van der Waals surface area contributed by atoms with Gasteiger partial charge in [-0.2, -0.15) is 0 Å². The van der Waals surface area contributed by atoms with Crippen molar-refractivity contribution in [1.82, 2.24) is 4.90 Å². The number of hydrogen-bond acceptors (Lipinski definition) is 4. The second-order valence-corrected chi connectivity index (χ2v) is 10.5. The number of benzene rings is 1. The molecule has 6 heteroatoms. The van der Waals surface area contributed by atoms with E-state index in [-0.39, 0.29) is 30.1 Å². The van der Waals surface area contributed by atoms with Crippen LogP contribution in [0, 0.1) is 5.92 Å². The van der Waals surface area contributed by atoms with Crippen LogP contribution in [0.1, 0.15) is 67.8 Å². The molecular weight excluding hydrogens is 374 g/mol. The first-order valence-electron chi connectivity index (χ1n) is 10.6. The zero-order valence-corrected chi connectivity index (χ0v) is 17.8. The van der Waals surface area contributed by atoms with Gasteiger partial charge in [0, 0.05) is 18.7 Å². The van der Waals surface area contributed by atoms with Crippen LogP contribution in [0.4, 0.5) is 0 Å². The minimum atomic E-state index is -3.27. The molecule has 0 radical (unpaired) electrons. The van der Waals surface area contributed by atoms with Gasteiger partial charge in [0.15, 0.2) is 9.84 Å². The molecule has 1 amide bonds. The number of amides is 1. The van der Waals surface area contributed by atoms with Crippen LogP contribution in [0.15, 0.2) is 24.3 Å². The summed E-state index contributed by atoms with van der Waals surface area (Å²) in [4.78, 5) is 14.5. The van der Waals surface area contributed by atoms with Crippen molar-refractivity contribution in [3.8, 4) is 0 Å². The Morgan fingerprint density at radius 1 is 1.11 bits per heavy atom. The third-order valence-corrected chi connectivity index (χ3v) is 7.52. The Balaban J connectivity index is 1.54. The van der Waals surface area contributed by atoms with Crippen LogP contribution in [-0.4, -0.2) is 50.8 Å². The maximum atomic E-state index is 12.7. The average Bonchev–Trinajstić information content (AvgIpc) is 2.69.